The SMILES string of the molecule is CC(C)(C)C(N)Cn1ccnc1-c1cccs1. The van der Waals surface area contributed by atoms with Crippen molar-refractivity contribution in [1.29, 1.82) is 0 Å². The summed E-state index contributed by atoms with van der Waals surface area (Å²) in [5, 5.41) is 2.07. The molecular formula is C13H19N3S. The number of aromatic nitrogens is 2. The summed E-state index contributed by atoms with van der Waals surface area (Å²) in [6.07, 6.45) is 3.84. The van der Waals surface area contributed by atoms with E-state index in [1.807, 2.05) is 18.5 Å². The summed E-state index contributed by atoms with van der Waals surface area (Å²) in [4.78, 5) is 5.60. The molecule has 0 bridgehead atoms. The van der Waals surface area contributed by atoms with E-state index >= 15 is 0 Å². The number of nitrogens with zero attached hydrogens (tertiary/aromatic N) is 2. The summed E-state index contributed by atoms with van der Waals surface area (Å²) >= 11 is 1.71. The van der Waals surface area contributed by atoms with Crippen molar-refractivity contribution in [3.8, 4) is 10.7 Å². The Morgan fingerprint density at radius 2 is 2.24 bits per heavy atom. The second-order valence-corrected chi connectivity index (χ2v) is 6.30. The third-order valence-corrected chi connectivity index (χ3v) is 3.83. The van der Waals surface area contributed by atoms with Crippen LogP contribution in [0, 0.1) is 5.41 Å². The Balaban J connectivity index is 2.21. The van der Waals surface area contributed by atoms with E-state index in [0.717, 1.165) is 12.4 Å². The Bertz CT molecular complexity index is 465. The average molecular weight is 249 g/mol. The van der Waals surface area contributed by atoms with Gasteiger partial charge >= 0.3 is 0 Å². The largest absolute Gasteiger partial charge is 0.329 e. The molecule has 2 aromatic rings. The second-order valence-electron chi connectivity index (χ2n) is 5.35. The number of nitrogens with two attached hydrogens (primary N) is 1. The molecule has 17 heavy (non-hydrogen) atoms. The molecule has 0 radical (unpaired) electrons. The van der Waals surface area contributed by atoms with Crippen LogP contribution in [0.4, 0.5) is 0 Å². The standard InChI is InChI=1S/C13H19N3S/c1-13(2,3)11(14)9-16-7-6-15-12(16)10-5-4-8-17-10/h4-8,11H,9,14H2,1-3H3. The van der Waals surface area contributed by atoms with Gasteiger partial charge in [-0.25, -0.2) is 4.98 Å². The number of imidazole rings is 1. The molecule has 2 aromatic heterocycles. The average Bonchev–Trinajstić information content (AvgIpc) is 2.83. The van der Waals surface area contributed by atoms with Gasteiger partial charge in [0, 0.05) is 25.0 Å². The molecule has 92 valence electrons. The predicted octanol–water partition coefficient (Wildman–Crippen LogP) is 2.99. The van der Waals surface area contributed by atoms with Crippen molar-refractivity contribution in [3.63, 3.8) is 0 Å². The van der Waals surface area contributed by atoms with Gasteiger partial charge in [-0.3, -0.25) is 0 Å². The maximum atomic E-state index is 6.22. The molecule has 0 aliphatic carbocycles. The molecule has 1 atom stereocenters. The number of rotatable bonds is 3. The lowest BCUT2D eigenvalue weighted by Crippen LogP contribution is -2.38. The second kappa shape index (κ2) is 4.63. The lowest BCUT2D eigenvalue weighted by atomic mass is 9.87. The van der Waals surface area contributed by atoms with Crippen LogP contribution in [0.15, 0.2) is 29.9 Å². The van der Waals surface area contributed by atoms with Crippen molar-refractivity contribution in [2.45, 2.75) is 33.4 Å². The van der Waals surface area contributed by atoms with Gasteiger partial charge in [-0.1, -0.05) is 26.8 Å². The van der Waals surface area contributed by atoms with E-state index in [0.29, 0.717) is 0 Å². The lowest BCUT2D eigenvalue weighted by molar-refractivity contribution is 0.292. The Morgan fingerprint density at radius 3 is 2.82 bits per heavy atom. The van der Waals surface area contributed by atoms with E-state index in [1.54, 1.807) is 11.3 Å². The summed E-state index contributed by atoms with van der Waals surface area (Å²) < 4.78 is 2.14. The van der Waals surface area contributed by atoms with E-state index in [4.69, 9.17) is 5.73 Å². The zero-order valence-electron chi connectivity index (χ0n) is 10.6. The Hall–Kier alpha value is -1.13. The predicted molar refractivity (Wildman–Crippen MR) is 73.0 cm³/mol. The molecule has 0 aromatic carbocycles. The third kappa shape index (κ3) is 2.76. The highest BCUT2D eigenvalue weighted by atomic mass is 32.1. The molecule has 0 aliphatic rings. The number of hydrogen-bond donors (Lipinski definition) is 1. The molecule has 4 heteroatoms. The minimum absolute atomic E-state index is 0.108. The molecule has 2 heterocycles. The topological polar surface area (TPSA) is 43.8 Å². The van der Waals surface area contributed by atoms with Crippen LogP contribution in [-0.2, 0) is 6.54 Å². The van der Waals surface area contributed by atoms with Gasteiger partial charge in [0.1, 0.15) is 5.82 Å². The number of thiophene rings is 1. The Kier molecular flexibility index (Phi) is 3.35. The highest BCUT2D eigenvalue weighted by molar-refractivity contribution is 7.13. The van der Waals surface area contributed by atoms with Crippen molar-refractivity contribution in [2.75, 3.05) is 0 Å². The van der Waals surface area contributed by atoms with Crippen LogP contribution in [0.3, 0.4) is 0 Å². The zero-order valence-corrected chi connectivity index (χ0v) is 11.4. The highest BCUT2D eigenvalue weighted by Crippen LogP contribution is 2.25. The first-order valence-electron chi connectivity index (χ1n) is 5.79. The van der Waals surface area contributed by atoms with Crippen LogP contribution < -0.4 is 5.73 Å². The van der Waals surface area contributed by atoms with Gasteiger partial charge in [0.05, 0.1) is 4.88 Å². The van der Waals surface area contributed by atoms with Crippen LogP contribution in [0.5, 0.6) is 0 Å². The summed E-state index contributed by atoms with van der Waals surface area (Å²) in [6, 6.07) is 4.25. The molecule has 0 spiro atoms. The number of hydrogen-bond acceptors (Lipinski definition) is 3. The van der Waals surface area contributed by atoms with Crippen LogP contribution >= 0.6 is 11.3 Å². The molecule has 0 saturated carbocycles. The fourth-order valence-corrected chi connectivity index (χ4v) is 2.31. The fourth-order valence-electron chi connectivity index (χ4n) is 1.57. The fraction of sp³-hybridized carbons (Fsp3) is 0.462. The third-order valence-electron chi connectivity index (χ3n) is 2.96. The van der Waals surface area contributed by atoms with Crippen LogP contribution in [0.25, 0.3) is 10.7 Å². The molecule has 0 fully saturated rings. The maximum absolute atomic E-state index is 6.22. The van der Waals surface area contributed by atoms with Crippen molar-refractivity contribution < 1.29 is 0 Å². The van der Waals surface area contributed by atoms with Crippen molar-refractivity contribution in [3.05, 3.63) is 29.9 Å². The first kappa shape index (κ1) is 12.3. The van der Waals surface area contributed by atoms with Crippen molar-refractivity contribution in [1.82, 2.24) is 9.55 Å². The molecule has 0 aliphatic heterocycles. The maximum Gasteiger partial charge on any atom is 0.150 e. The Morgan fingerprint density at radius 1 is 1.47 bits per heavy atom. The van der Waals surface area contributed by atoms with E-state index in [1.165, 1.54) is 4.88 Å². The first-order valence-corrected chi connectivity index (χ1v) is 6.67. The molecule has 2 rings (SSSR count). The molecule has 1 unspecified atom stereocenters. The minimum Gasteiger partial charge on any atom is -0.329 e. The van der Waals surface area contributed by atoms with Crippen LogP contribution in [0.1, 0.15) is 20.8 Å². The molecule has 0 amide bonds. The van der Waals surface area contributed by atoms with E-state index in [9.17, 15) is 0 Å². The first-order chi connectivity index (χ1) is 7.98. The summed E-state index contributed by atoms with van der Waals surface area (Å²) in [5.74, 6) is 1.01. The van der Waals surface area contributed by atoms with Gasteiger partial charge < -0.3 is 10.3 Å². The summed E-state index contributed by atoms with van der Waals surface area (Å²) in [7, 11) is 0. The van der Waals surface area contributed by atoms with Crippen molar-refractivity contribution >= 4 is 11.3 Å². The quantitative estimate of drug-likeness (QED) is 0.908. The molecule has 0 saturated heterocycles. The molecule has 3 nitrogen and oxygen atoms in total. The molecule has 2 N–H and O–H groups in total. The summed E-state index contributed by atoms with van der Waals surface area (Å²) in [6.45, 7) is 7.30. The molecular weight excluding hydrogens is 230 g/mol. The monoisotopic (exact) mass is 249 g/mol. The van der Waals surface area contributed by atoms with Gasteiger partial charge in [0.25, 0.3) is 0 Å². The highest BCUT2D eigenvalue weighted by Gasteiger charge is 2.22. The van der Waals surface area contributed by atoms with Gasteiger partial charge in [-0.15, -0.1) is 11.3 Å². The van der Waals surface area contributed by atoms with E-state index in [-0.39, 0.29) is 11.5 Å². The van der Waals surface area contributed by atoms with E-state index < -0.39 is 0 Å². The van der Waals surface area contributed by atoms with Gasteiger partial charge in [-0.05, 0) is 16.9 Å². The Labute approximate surface area is 106 Å². The summed E-state index contributed by atoms with van der Waals surface area (Å²) in [5.41, 5.74) is 6.33. The van der Waals surface area contributed by atoms with Crippen molar-refractivity contribution in [2.24, 2.45) is 11.1 Å². The van der Waals surface area contributed by atoms with Crippen LogP contribution in [0.2, 0.25) is 0 Å². The van der Waals surface area contributed by atoms with Gasteiger partial charge in [-0.2, -0.15) is 0 Å². The minimum atomic E-state index is 0.108. The zero-order chi connectivity index (χ0) is 12.5. The van der Waals surface area contributed by atoms with Gasteiger partial charge in [0.2, 0.25) is 0 Å². The normalized spacial score (nSPS) is 13.9. The van der Waals surface area contributed by atoms with Gasteiger partial charge in [0.15, 0.2) is 0 Å². The van der Waals surface area contributed by atoms with E-state index in [2.05, 4.69) is 41.8 Å². The smallest absolute Gasteiger partial charge is 0.150 e. The van der Waals surface area contributed by atoms with Crippen LogP contribution in [-0.4, -0.2) is 15.6 Å². The lowest BCUT2D eigenvalue weighted by Gasteiger charge is -2.27.